The average molecular weight is 307 g/mol. The summed E-state index contributed by atoms with van der Waals surface area (Å²) in [5.41, 5.74) is 4.66. The number of hydrogen-bond donors (Lipinski definition) is 0. The molecule has 0 bridgehead atoms. The van der Waals surface area contributed by atoms with Crippen molar-refractivity contribution in [3.63, 3.8) is 0 Å². The van der Waals surface area contributed by atoms with E-state index in [1.54, 1.807) is 0 Å². The predicted octanol–water partition coefficient (Wildman–Crippen LogP) is 3.60. The highest BCUT2D eigenvalue weighted by molar-refractivity contribution is 5.94. The van der Waals surface area contributed by atoms with E-state index in [2.05, 4.69) is 12.1 Å². The van der Waals surface area contributed by atoms with E-state index < -0.39 is 0 Å². The van der Waals surface area contributed by atoms with E-state index in [1.165, 1.54) is 24.0 Å². The number of benzene rings is 2. The first kappa shape index (κ1) is 14.3. The minimum absolute atomic E-state index is 0.110. The van der Waals surface area contributed by atoms with Gasteiger partial charge in [0.05, 0.1) is 6.54 Å². The summed E-state index contributed by atoms with van der Waals surface area (Å²) in [6.45, 7) is 1.80. The van der Waals surface area contributed by atoms with Crippen LogP contribution < -0.4 is 4.74 Å². The maximum atomic E-state index is 12.9. The Morgan fingerprint density at radius 1 is 0.957 bits per heavy atom. The largest absolute Gasteiger partial charge is 0.491 e. The van der Waals surface area contributed by atoms with Gasteiger partial charge < -0.3 is 9.64 Å². The van der Waals surface area contributed by atoms with Gasteiger partial charge in [-0.1, -0.05) is 24.3 Å². The summed E-state index contributed by atoms with van der Waals surface area (Å²) in [5.74, 6) is 1.01. The van der Waals surface area contributed by atoms with E-state index in [4.69, 9.17) is 4.74 Å². The molecule has 118 valence electrons. The number of nitrogens with zero attached hydrogens (tertiary/aromatic N) is 1. The van der Waals surface area contributed by atoms with Crippen LogP contribution in [0.3, 0.4) is 0 Å². The molecule has 0 fully saturated rings. The molecular weight excluding hydrogens is 286 g/mol. The number of aryl methyl sites for hydroxylation is 2. The minimum Gasteiger partial charge on any atom is -0.491 e. The Bertz CT molecular complexity index is 738. The lowest BCUT2D eigenvalue weighted by atomic mass is 9.90. The highest BCUT2D eigenvalue weighted by atomic mass is 16.5. The zero-order chi connectivity index (χ0) is 15.6. The molecule has 0 saturated heterocycles. The van der Waals surface area contributed by atoms with Gasteiger partial charge in [-0.3, -0.25) is 4.79 Å². The van der Waals surface area contributed by atoms with Gasteiger partial charge in [0.2, 0.25) is 0 Å². The van der Waals surface area contributed by atoms with Crippen LogP contribution in [-0.4, -0.2) is 24.0 Å². The van der Waals surface area contributed by atoms with Crippen LogP contribution in [0.1, 0.15) is 39.9 Å². The van der Waals surface area contributed by atoms with E-state index in [0.717, 1.165) is 29.7 Å². The molecule has 0 N–H and O–H groups in total. The summed E-state index contributed by atoms with van der Waals surface area (Å²) in [6.07, 6.45) is 4.74. The van der Waals surface area contributed by atoms with Crippen LogP contribution in [0.4, 0.5) is 0 Å². The molecule has 3 heteroatoms. The topological polar surface area (TPSA) is 29.5 Å². The van der Waals surface area contributed by atoms with Crippen LogP contribution in [0.5, 0.6) is 5.75 Å². The van der Waals surface area contributed by atoms with Crippen molar-refractivity contribution in [2.45, 2.75) is 32.2 Å². The predicted molar refractivity (Wildman–Crippen MR) is 89.8 cm³/mol. The molecule has 3 nitrogen and oxygen atoms in total. The highest BCUT2D eigenvalue weighted by Crippen LogP contribution is 2.25. The third-order valence-electron chi connectivity index (χ3n) is 4.84. The maximum absolute atomic E-state index is 12.9. The van der Waals surface area contributed by atoms with E-state index in [9.17, 15) is 4.79 Å². The Kier molecular flexibility index (Phi) is 3.78. The average Bonchev–Trinajstić information content (AvgIpc) is 2.83. The van der Waals surface area contributed by atoms with Crippen molar-refractivity contribution >= 4 is 5.91 Å². The molecule has 0 atom stereocenters. The molecule has 1 aliphatic carbocycles. The number of carbonyl (C=O) groups is 1. The Morgan fingerprint density at radius 3 is 2.70 bits per heavy atom. The van der Waals surface area contributed by atoms with Gasteiger partial charge in [0.1, 0.15) is 12.4 Å². The Hall–Kier alpha value is -2.29. The Morgan fingerprint density at radius 2 is 1.78 bits per heavy atom. The molecule has 0 saturated carbocycles. The van der Waals surface area contributed by atoms with Crippen LogP contribution in [-0.2, 0) is 19.4 Å². The van der Waals surface area contributed by atoms with Gasteiger partial charge in [-0.15, -0.1) is 0 Å². The molecule has 4 rings (SSSR count). The lowest BCUT2D eigenvalue weighted by Crippen LogP contribution is -2.32. The van der Waals surface area contributed by atoms with Gasteiger partial charge in [-0.05, 0) is 55.0 Å². The smallest absolute Gasteiger partial charge is 0.254 e. The van der Waals surface area contributed by atoms with E-state index in [0.29, 0.717) is 19.7 Å². The van der Waals surface area contributed by atoms with Crippen LogP contribution in [0, 0.1) is 0 Å². The number of rotatable bonds is 1. The SMILES string of the molecule is O=C(c1ccc2c(c1)CCCC2)N1CCOc2ccccc2C1. The van der Waals surface area contributed by atoms with Gasteiger partial charge in [0.15, 0.2) is 0 Å². The first-order chi connectivity index (χ1) is 11.3. The molecule has 2 aliphatic rings. The van der Waals surface area contributed by atoms with E-state index in [1.807, 2.05) is 35.2 Å². The zero-order valence-electron chi connectivity index (χ0n) is 13.3. The van der Waals surface area contributed by atoms with Crippen molar-refractivity contribution in [2.75, 3.05) is 13.2 Å². The molecule has 0 spiro atoms. The molecule has 23 heavy (non-hydrogen) atoms. The van der Waals surface area contributed by atoms with Crippen molar-refractivity contribution in [3.8, 4) is 5.75 Å². The molecule has 1 aliphatic heterocycles. The van der Waals surface area contributed by atoms with Gasteiger partial charge in [0.25, 0.3) is 5.91 Å². The van der Waals surface area contributed by atoms with Crippen molar-refractivity contribution in [1.82, 2.24) is 4.90 Å². The molecule has 2 aromatic rings. The summed E-state index contributed by atoms with van der Waals surface area (Å²) in [6, 6.07) is 14.2. The number of fused-ring (bicyclic) bond motifs is 2. The fourth-order valence-electron chi connectivity index (χ4n) is 3.55. The van der Waals surface area contributed by atoms with Gasteiger partial charge >= 0.3 is 0 Å². The summed E-state index contributed by atoms with van der Waals surface area (Å²) in [4.78, 5) is 14.8. The fourth-order valence-corrected chi connectivity index (χ4v) is 3.55. The lowest BCUT2D eigenvalue weighted by molar-refractivity contribution is 0.0733. The Balaban J connectivity index is 1.59. The van der Waals surface area contributed by atoms with Crippen LogP contribution in [0.2, 0.25) is 0 Å². The number of ether oxygens (including phenoxy) is 1. The third-order valence-corrected chi connectivity index (χ3v) is 4.84. The summed E-state index contributed by atoms with van der Waals surface area (Å²) in [5, 5.41) is 0. The molecule has 1 amide bonds. The number of amides is 1. The molecule has 0 aromatic heterocycles. The molecule has 0 unspecified atom stereocenters. The second-order valence-corrected chi connectivity index (χ2v) is 6.37. The van der Waals surface area contributed by atoms with E-state index in [-0.39, 0.29) is 5.91 Å². The Labute approximate surface area is 136 Å². The summed E-state index contributed by atoms with van der Waals surface area (Å²) < 4.78 is 5.76. The van der Waals surface area contributed by atoms with Crippen molar-refractivity contribution < 1.29 is 9.53 Å². The number of hydrogen-bond acceptors (Lipinski definition) is 2. The van der Waals surface area contributed by atoms with Crippen molar-refractivity contribution in [3.05, 3.63) is 64.7 Å². The van der Waals surface area contributed by atoms with Crippen molar-refractivity contribution in [2.24, 2.45) is 0 Å². The van der Waals surface area contributed by atoms with E-state index >= 15 is 0 Å². The monoisotopic (exact) mass is 307 g/mol. The molecular formula is C20H21NO2. The van der Waals surface area contributed by atoms with Gasteiger partial charge in [0, 0.05) is 17.7 Å². The summed E-state index contributed by atoms with van der Waals surface area (Å²) in [7, 11) is 0. The first-order valence-corrected chi connectivity index (χ1v) is 8.43. The summed E-state index contributed by atoms with van der Waals surface area (Å²) >= 11 is 0. The highest BCUT2D eigenvalue weighted by Gasteiger charge is 2.22. The third kappa shape index (κ3) is 2.83. The quantitative estimate of drug-likeness (QED) is 0.805. The lowest BCUT2D eigenvalue weighted by Gasteiger charge is -2.22. The van der Waals surface area contributed by atoms with Crippen LogP contribution in [0.25, 0.3) is 0 Å². The second-order valence-electron chi connectivity index (χ2n) is 6.37. The molecule has 0 radical (unpaired) electrons. The van der Waals surface area contributed by atoms with Gasteiger partial charge in [-0.25, -0.2) is 0 Å². The standard InChI is InChI=1S/C20H21NO2/c22-20(17-10-9-15-5-1-2-6-16(15)13-17)21-11-12-23-19-8-4-3-7-18(19)14-21/h3-4,7-10,13H,1-2,5-6,11-12,14H2. The number of carbonyl (C=O) groups excluding carboxylic acids is 1. The fraction of sp³-hybridized carbons (Fsp3) is 0.350. The van der Waals surface area contributed by atoms with Gasteiger partial charge in [-0.2, -0.15) is 0 Å². The van der Waals surface area contributed by atoms with Crippen molar-refractivity contribution in [1.29, 1.82) is 0 Å². The zero-order valence-corrected chi connectivity index (χ0v) is 13.3. The van der Waals surface area contributed by atoms with Crippen LogP contribution >= 0.6 is 0 Å². The second kappa shape index (κ2) is 6.07. The first-order valence-electron chi connectivity index (χ1n) is 8.43. The molecule has 2 aromatic carbocycles. The van der Waals surface area contributed by atoms with Crippen LogP contribution in [0.15, 0.2) is 42.5 Å². The number of para-hydroxylation sites is 1. The maximum Gasteiger partial charge on any atom is 0.254 e. The minimum atomic E-state index is 0.110. The normalized spacial score (nSPS) is 16.8. The molecule has 1 heterocycles.